The molecule has 1 aliphatic carbocycles. The van der Waals surface area contributed by atoms with Gasteiger partial charge in [-0.15, -0.1) is 0 Å². The molecule has 0 bridgehead atoms. The third-order valence-electron chi connectivity index (χ3n) is 3.80. The van der Waals surface area contributed by atoms with Crippen molar-refractivity contribution in [3.63, 3.8) is 0 Å². The summed E-state index contributed by atoms with van der Waals surface area (Å²) in [5.74, 6) is 0.330. The largest absolute Gasteiger partial charge is 0.377 e. The van der Waals surface area contributed by atoms with E-state index in [1.165, 1.54) is 16.7 Å². The fourth-order valence-electron chi connectivity index (χ4n) is 2.86. The lowest BCUT2D eigenvalue weighted by molar-refractivity contribution is 0.102. The van der Waals surface area contributed by atoms with Gasteiger partial charge in [-0.25, -0.2) is 0 Å². The van der Waals surface area contributed by atoms with E-state index in [0.29, 0.717) is 16.0 Å². The Bertz CT molecular complexity index is 609. The van der Waals surface area contributed by atoms with Crippen LogP contribution in [0.4, 0.5) is 0 Å². The van der Waals surface area contributed by atoms with Gasteiger partial charge in [0.15, 0.2) is 0 Å². The lowest BCUT2D eigenvalue weighted by Gasteiger charge is -2.13. The van der Waals surface area contributed by atoms with Crippen LogP contribution in [0.2, 0.25) is 10.0 Å². The molecule has 1 nitrogen and oxygen atoms in total. The van der Waals surface area contributed by atoms with E-state index in [0.717, 1.165) is 6.42 Å². The summed E-state index contributed by atoms with van der Waals surface area (Å²) in [5, 5.41) is 1.21. The summed E-state index contributed by atoms with van der Waals surface area (Å²) in [7, 11) is 1.76. The third-order valence-corrected chi connectivity index (χ3v) is 4.54. The third kappa shape index (κ3) is 2.27. The van der Waals surface area contributed by atoms with E-state index in [1.807, 2.05) is 18.2 Å². The molecule has 2 aromatic rings. The standard InChI is InChI=1S/C16H14Cl2O/c1-19-16-9-13(11-4-2-3-5-12(11)16)10-6-7-14(17)15(18)8-10/h2-8,13,16H,9H2,1H3/t13-,16+/m1/s1. The number of hydrogen-bond acceptors (Lipinski definition) is 1. The fraction of sp³-hybridized carbons (Fsp3) is 0.250. The van der Waals surface area contributed by atoms with Crippen LogP contribution in [0, 0.1) is 0 Å². The van der Waals surface area contributed by atoms with Crippen LogP contribution in [0.15, 0.2) is 42.5 Å². The Morgan fingerprint density at radius 3 is 2.42 bits per heavy atom. The minimum absolute atomic E-state index is 0.163. The van der Waals surface area contributed by atoms with Crippen LogP contribution in [0.1, 0.15) is 35.1 Å². The highest BCUT2D eigenvalue weighted by Crippen LogP contribution is 2.46. The van der Waals surface area contributed by atoms with Crippen LogP contribution in [0.5, 0.6) is 0 Å². The summed E-state index contributed by atoms with van der Waals surface area (Å²) in [6.45, 7) is 0. The van der Waals surface area contributed by atoms with Crippen molar-refractivity contribution < 1.29 is 4.74 Å². The van der Waals surface area contributed by atoms with Gasteiger partial charge in [0.25, 0.3) is 0 Å². The maximum Gasteiger partial charge on any atom is 0.0833 e. The monoisotopic (exact) mass is 292 g/mol. The van der Waals surface area contributed by atoms with Crippen molar-refractivity contribution in [1.82, 2.24) is 0 Å². The first-order chi connectivity index (χ1) is 9.20. The molecule has 0 saturated heterocycles. The zero-order valence-electron chi connectivity index (χ0n) is 10.6. The minimum atomic E-state index is 0.163. The smallest absolute Gasteiger partial charge is 0.0833 e. The van der Waals surface area contributed by atoms with Crippen LogP contribution in [-0.2, 0) is 4.74 Å². The molecule has 0 saturated carbocycles. The van der Waals surface area contributed by atoms with Crippen molar-refractivity contribution in [2.75, 3.05) is 7.11 Å². The first-order valence-corrected chi connectivity index (χ1v) is 7.03. The van der Waals surface area contributed by atoms with Crippen molar-refractivity contribution in [3.05, 3.63) is 69.2 Å². The van der Waals surface area contributed by atoms with Gasteiger partial charge in [-0.05, 0) is 35.2 Å². The van der Waals surface area contributed by atoms with Gasteiger partial charge in [-0.2, -0.15) is 0 Å². The van der Waals surface area contributed by atoms with Crippen LogP contribution < -0.4 is 0 Å². The molecular formula is C16H14Cl2O. The molecule has 0 N–H and O–H groups in total. The molecule has 2 aromatic carbocycles. The quantitative estimate of drug-likeness (QED) is 0.738. The van der Waals surface area contributed by atoms with E-state index < -0.39 is 0 Å². The number of rotatable bonds is 2. The number of hydrogen-bond donors (Lipinski definition) is 0. The SMILES string of the molecule is CO[C@H]1C[C@H](c2ccc(Cl)c(Cl)c2)c2ccccc21. The van der Waals surface area contributed by atoms with Gasteiger partial charge in [-0.1, -0.05) is 53.5 Å². The van der Waals surface area contributed by atoms with Crippen LogP contribution in [0.3, 0.4) is 0 Å². The lowest BCUT2D eigenvalue weighted by atomic mass is 9.93. The second kappa shape index (κ2) is 5.16. The molecule has 0 heterocycles. The number of fused-ring (bicyclic) bond motifs is 1. The van der Waals surface area contributed by atoms with Crippen molar-refractivity contribution >= 4 is 23.2 Å². The molecule has 0 aliphatic heterocycles. The summed E-state index contributed by atoms with van der Waals surface area (Å²) in [5.41, 5.74) is 3.80. The van der Waals surface area contributed by atoms with Gasteiger partial charge in [0.2, 0.25) is 0 Å². The Morgan fingerprint density at radius 2 is 1.74 bits per heavy atom. The summed E-state index contributed by atoms with van der Waals surface area (Å²) in [4.78, 5) is 0. The molecule has 3 heteroatoms. The van der Waals surface area contributed by atoms with E-state index in [1.54, 1.807) is 7.11 Å². The predicted molar refractivity (Wildman–Crippen MR) is 79.1 cm³/mol. The van der Waals surface area contributed by atoms with Gasteiger partial charge < -0.3 is 4.74 Å². The predicted octanol–water partition coefficient (Wildman–Crippen LogP) is 5.22. The van der Waals surface area contributed by atoms with E-state index in [-0.39, 0.29) is 6.10 Å². The number of ether oxygens (including phenoxy) is 1. The Morgan fingerprint density at radius 1 is 1.00 bits per heavy atom. The summed E-state index contributed by atoms with van der Waals surface area (Å²) >= 11 is 12.1. The topological polar surface area (TPSA) is 9.23 Å². The lowest BCUT2D eigenvalue weighted by Crippen LogP contribution is -1.97. The first kappa shape index (κ1) is 13.0. The van der Waals surface area contributed by atoms with Crippen molar-refractivity contribution in [2.45, 2.75) is 18.4 Å². The molecule has 0 amide bonds. The molecule has 19 heavy (non-hydrogen) atoms. The number of halogens is 2. The van der Waals surface area contributed by atoms with Crippen molar-refractivity contribution in [2.24, 2.45) is 0 Å². The highest BCUT2D eigenvalue weighted by molar-refractivity contribution is 6.42. The summed E-state index contributed by atoms with van der Waals surface area (Å²) in [6, 6.07) is 14.3. The van der Waals surface area contributed by atoms with Crippen molar-refractivity contribution in [3.8, 4) is 0 Å². The van der Waals surface area contributed by atoms with E-state index in [4.69, 9.17) is 27.9 Å². The molecular weight excluding hydrogens is 279 g/mol. The van der Waals surface area contributed by atoms with Gasteiger partial charge in [0, 0.05) is 13.0 Å². The molecule has 1 aliphatic rings. The van der Waals surface area contributed by atoms with Crippen LogP contribution in [-0.4, -0.2) is 7.11 Å². The van der Waals surface area contributed by atoms with Crippen LogP contribution >= 0.6 is 23.2 Å². The zero-order chi connectivity index (χ0) is 13.4. The van der Waals surface area contributed by atoms with Crippen LogP contribution in [0.25, 0.3) is 0 Å². The molecule has 0 aromatic heterocycles. The van der Waals surface area contributed by atoms with Gasteiger partial charge in [0.1, 0.15) is 0 Å². The molecule has 2 atom stereocenters. The highest BCUT2D eigenvalue weighted by atomic mass is 35.5. The molecule has 0 unspecified atom stereocenters. The number of methoxy groups -OCH3 is 1. The second-order valence-electron chi connectivity index (χ2n) is 4.82. The molecule has 3 rings (SSSR count). The Balaban J connectivity index is 2.05. The normalized spacial score (nSPS) is 21.4. The van der Waals surface area contributed by atoms with Gasteiger partial charge in [-0.3, -0.25) is 0 Å². The number of benzene rings is 2. The second-order valence-corrected chi connectivity index (χ2v) is 5.63. The average Bonchev–Trinajstić information content (AvgIpc) is 2.81. The summed E-state index contributed by atoms with van der Waals surface area (Å²) < 4.78 is 5.58. The zero-order valence-corrected chi connectivity index (χ0v) is 12.1. The fourth-order valence-corrected chi connectivity index (χ4v) is 3.16. The minimum Gasteiger partial charge on any atom is -0.377 e. The first-order valence-electron chi connectivity index (χ1n) is 6.27. The molecule has 98 valence electrons. The molecule has 0 radical (unpaired) electrons. The summed E-state index contributed by atoms with van der Waals surface area (Å²) in [6.07, 6.45) is 1.11. The maximum absolute atomic E-state index is 6.13. The highest BCUT2D eigenvalue weighted by Gasteiger charge is 2.31. The van der Waals surface area contributed by atoms with E-state index >= 15 is 0 Å². The Labute approximate surface area is 123 Å². The average molecular weight is 293 g/mol. The van der Waals surface area contributed by atoms with Crippen molar-refractivity contribution in [1.29, 1.82) is 0 Å². The molecule has 0 spiro atoms. The van der Waals surface area contributed by atoms with E-state index in [2.05, 4.69) is 24.3 Å². The molecule has 0 fully saturated rings. The maximum atomic E-state index is 6.13. The van der Waals surface area contributed by atoms with Gasteiger partial charge in [0.05, 0.1) is 16.1 Å². The Kier molecular flexibility index (Phi) is 3.53. The Hall–Kier alpha value is -1.02. The van der Waals surface area contributed by atoms with Gasteiger partial charge >= 0.3 is 0 Å². The van der Waals surface area contributed by atoms with E-state index in [9.17, 15) is 0 Å².